The minimum absolute atomic E-state index is 0.106. The summed E-state index contributed by atoms with van der Waals surface area (Å²) in [5.74, 6) is 0.0573. The van der Waals surface area contributed by atoms with Gasteiger partial charge < -0.3 is 19.0 Å². The van der Waals surface area contributed by atoms with Gasteiger partial charge in [0, 0.05) is 10.9 Å². The summed E-state index contributed by atoms with van der Waals surface area (Å²) in [5, 5.41) is 16.8. The molecule has 1 heterocycles. The van der Waals surface area contributed by atoms with E-state index in [2.05, 4.69) is 10.5 Å². The first kappa shape index (κ1) is 18.4. The summed E-state index contributed by atoms with van der Waals surface area (Å²) in [6.45, 7) is 0. The smallest absolute Gasteiger partial charge is 0.307 e. The van der Waals surface area contributed by atoms with Gasteiger partial charge in [-0.2, -0.15) is 5.10 Å². The number of aromatic hydroxyl groups is 1. The third-order valence-electron chi connectivity index (χ3n) is 4.53. The molecule has 0 aliphatic heterocycles. The monoisotopic (exact) mass is 390 g/mol. The maximum atomic E-state index is 12.4. The van der Waals surface area contributed by atoms with Crippen molar-refractivity contribution in [2.24, 2.45) is 5.10 Å². The van der Waals surface area contributed by atoms with Gasteiger partial charge in [-0.1, -0.05) is 30.3 Å². The fraction of sp³-hybridized carbons (Fsp3) is 0.0909. The third kappa shape index (κ3) is 3.45. The first-order valence-corrected chi connectivity index (χ1v) is 8.80. The highest BCUT2D eigenvalue weighted by molar-refractivity contribution is 6.08. The summed E-state index contributed by atoms with van der Waals surface area (Å²) in [7, 11) is 2.87. The zero-order chi connectivity index (χ0) is 20.4. The Morgan fingerprint density at radius 3 is 2.48 bits per heavy atom. The Labute approximate surface area is 166 Å². The van der Waals surface area contributed by atoms with Crippen LogP contribution < -0.4 is 14.9 Å². The van der Waals surface area contributed by atoms with E-state index in [4.69, 9.17) is 13.9 Å². The Morgan fingerprint density at radius 1 is 1.03 bits per heavy atom. The molecule has 0 aliphatic carbocycles. The van der Waals surface area contributed by atoms with E-state index in [1.807, 2.05) is 36.4 Å². The minimum Gasteiger partial charge on any atom is -0.502 e. The molecule has 0 fully saturated rings. The lowest BCUT2D eigenvalue weighted by molar-refractivity contribution is 0.0929. The molecule has 2 N–H and O–H groups in total. The molecule has 7 heteroatoms. The number of rotatable bonds is 5. The van der Waals surface area contributed by atoms with E-state index in [1.165, 1.54) is 20.4 Å². The SMILES string of the molecule is COc1cc(/C=N\NC(=O)c2cc3c(ccc4ccccc43)o2)cc(OC)c1O. The molecular formula is C22H18N2O5. The lowest BCUT2D eigenvalue weighted by Gasteiger charge is -2.09. The molecule has 29 heavy (non-hydrogen) atoms. The Morgan fingerprint density at radius 2 is 1.76 bits per heavy atom. The summed E-state index contributed by atoms with van der Waals surface area (Å²) < 4.78 is 15.9. The van der Waals surface area contributed by atoms with Crippen LogP contribution in [-0.2, 0) is 0 Å². The van der Waals surface area contributed by atoms with Crippen molar-refractivity contribution in [3.05, 3.63) is 65.9 Å². The molecular weight excluding hydrogens is 372 g/mol. The second-order valence-electron chi connectivity index (χ2n) is 6.28. The van der Waals surface area contributed by atoms with Gasteiger partial charge in [0.05, 0.1) is 20.4 Å². The molecule has 4 rings (SSSR count). The standard InChI is InChI=1S/C22H18N2O5/c1-27-18-9-13(10-19(28-2)21(18)25)12-23-24-22(26)20-11-16-15-6-4-3-5-14(15)7-8-17(16)29-20/h3-12,25H,1-2H3,(H,24,26)/b23-12-. The van der Waals surface area contributed by atoms with E-state index in [9.17, 15) is 9.90 Å². The number of hydrazone groups is 1. The first-order valence-electron chi connectivity index (χ1n) is 8.80. The largest absolute Gasteiger partial charge is 0.502 e. The first-order chi connectivity index (χ1) is 14.1. The molecule has 0 saturated carbocycles. The van der Waals surface area contributed by atoms with Gasteiger partial charge in [-0.15, -0.1) is 0 Å². The van der Waals surface area contributed by atoms with Gasteiger partial charge in [0.25, 0.3) is 0 Å². The Bertz CT molecular complexity index is 1220. The number of ether oxygens (including phenoxy) is 2. The van der Waals surface area contributed by atoms with Crippen LogP contribution >= 0.6 is 0 Å². The summed E-state index contributed by atoms with van der Waals surface area (Å²) in [4.78, 5) is 12.4. The van der Waals surface area contributed by atoms with E-state index in [0.717, 1.165) is 16.2 Å². The maximum absolute atomic E-state index is 12.4. The lowest BCUT2D eigenvalue weighted by Crippen LogP contribution is -2.16. The summed E-state index contributed by atoms with van der Waals surface area (Å²) in [6, 6.07) is 16.5. The van der Waals surface area contributed by atoms with Gasteiger partial charge in [-0.05, 0) is 35.0 Å². The fourth-order valence-corrected chi connectivity index (χ4v) is 3.11. The number of hydrogen-bond donors (Lipinski definition) is 2. The van der Waals surface area contributed by atoms with Gasteiger partial charge >= 0.3 is 5.91 Å². The number of carbonyl (C=O) groups excluding carboxylic acids is 1. The highest BCUT2D eigenvalue weighted by Gasteiger charge is 2.14. The molecule has 146 valence electrons. The van der Waals surface area contributed by atoms with Gasteiger partial charge in [0.15, 0.2) is 17.3 Å². The van der Waals surface area contributed by atoms with Crippen molar-refractivity contribution in [2.75, 3.05) is 14.2 Å². The molecule has 1 aromatic heterocycles. The number of nitrogens with zero attached hydrogens (tertiary/aromatic N) is 1. The number of benzene rings is 3. The second kappa shape index (κ2) is 7.55. The number of hydrogen-bond acceptors (Lipinski definition) is 6. The van der Waals surface area contributed by atoms with Crippen LogP contribution in [0.25, 0.3) is 21.7 Å². The normalized spacial score (nSPS) is 11.2. The lowest BCUT2D eigenvalue weighted by atomic mass is 10.1. The zero-order valence-electron chi connectivity index (χ0n) is 15.8. The van der Waals surface area contributed by atoms with E-state index in [1.54, 1.807) is 18.2 Å². The molecule has 0 spiro atoms. The van der Waals surface area contributed by atoms with Crippen LogP contribution in [0.4, 0.5) is 0 Å². The van der Waals surface area contributed by atoms with Crippen LogP contribution in [0, 0.1) is 0 Å². The van der Waals surface area contributed by atoms with Crippen molar-refractivity contribution in [2.45, 2.75) is 0 Å². The molecule has 1 amide bonds. The quantitative estimate of drug-likeness (QED) is 0.396. The van der Waals surface area contributed by atoms with Gasteiger partial charge in [0.2, 0.25) is 5.75 Å². The Balaban J connectivity index is 1.56. The molecule has 0 atom stereocenters. The third-order valence-corrected chi connectivity index (χ3v) is 4.53. The van der Waals surface area contributed by atoms with Crippen LogP contribution in [-0.4, -0.2) is 31.4 Å². The van der Waals surface area contributed by atoms with Crippen LogP contribution in [0.3, 0.4) is 0 Å². The molecule has 0 bridgehead atoms. The van der Waals surface area contributed by atoms with Crippen molar-refractivity contribution >= 4 is 33.9 Å². The number of fused-ring (bicyclic) bond motifs is 3. The Hall–Kier alpha value is -4.00. The van der Waals surface area contributed by atoms with Gasteiger partial charge in [0.1, 0.15) is 5.58 Å². The van der Waals surface area contributed by atoms with Crippen LogP contribution in [0.5, 0.6) is 17.2 Å². The van der Waals surface area contributed by atoms with Crippen LogP contribution in [0.1, 0.15) is 16.1 Å². The van der Waals surface area contributed by atoms with Crippen molar-refractivity contribution in [3.8, 4) is 17.2 Å². The molecule has 0 saturated heterocycles. The fourth-order valence-electron chi connectivity index (χ4n) is 3.11. The molecule has 4 aromatic rings. The van der Waals surface area contributed by atoms with Crippen molar-refractivity contribution in [3.63, 3.8) is 0 Å². The average Bonchev–Trinajstić information content (AvgIpc) is 3.19. The van der Waals surface area contributed by atoms with Gasteiger partial charge in [-0.25, -0.2) is 5.43 Å². The summed E-state index contributed by atoms with van der Waals surface area (Å²) in [6.07, 6.45) is 1.42. The highest BCUT2D eigenvalue weighted by atomic mass is 16.5. The number of phenolic OH excluding ortho intramolecular Hbond substituents is 1. The number of amides is 1. The van der Waals surface area contributed by atoms with E-state index in [0.29, 0.717) is 11.1 Å². The predicted molar refractivity (Wildman–Crippen MR) is 110 cm³/mol. The zero-order valence-corrected chi connectivity index (χ0v) is 15.8. The van der Waals surface area contributed by atoms with E-state index >= 15 is 0 Å². The number of methoxy groups -OCH3 is 2. The molecule has 0 unspecified atom stereocenters. The van der Waals surface area contributed by atoms with Crippen LogP contribution in [0.2, 0.25) is 0 Å². The minimum atomic E-state index is -0.473. The van der Waals surface area contributed by atoms with Crippen molar-refractivity contribution in [1.82, 2.24) is 5.43 Å². The predicted octanol–water partition coefficient (Wildman–Crippen LogP) is 4.07. The van der Waals surface area contributed by atoms with Gasteiger partial charge in [-0.3, -0.25) is 4.79 Å². The summed E-state index contributed by atoms with van der Waals surface area (Å²) >= 11 is 0. The second-order valence-corrected chi connectivity index (χ2v) is 6.28. The summed E-state index contributed by atoms with van der Waals surface area (Å²) in [5.41, 5.74) is 3.65. The number of phenols is 1. The van der Waals surface area contributed by atoms with Crippen molar-refractivity contribution in [1.29, 1.82) is 0 Å². The number of nitrogens with one attached hydrogen (secondary N) is 1. The maximum Gasteiger partial charge on any atom is 0.307 e. The van der Waals surface area contributed by atoms with Crippen LogP contribution in [0.15, 0.2) is 64.1 Å². The molecule has 0 radical (unpaired) electrons. The van der Waals surface area contributed by atoms with Crippen molar-refractivity contribution < 1.29 is 23.8 Å². The molecule has 0 aliphatic rings. The van der Waals surface area contributed by atoms with E-state index < -0.39 is 5.91 Å². The van der Waals surface area contributed by atoms with E-state index in [-0.39, 0.29) is 23.0 Å². The molecule has 7 nitrogen and oxygen atoms in total. The number of furan rings is 1. The molecule has 3 aromatic carbocycles. The number of carbonyl (C=O) groups is 1. The average molecular weight is 390 g/mol. The Kier molecular flexibility index (Phi) is 4.78. The highest BCUT2D eigenvalue weighted by Crippen LogP contribution is 2.36. The topological polar surface area (TPSA) is 93.3 Å².